The van der Waals surface area contributed by atoms with E-state index < -0.39 is 6.67 Å². The zero-order valence-corrected chi connectivity index (χ0v) is 15.9. The zero-order valence-electron chi connectivity index (χ0n) is 15.9. The second-order valence-electron chi connectivity index (χ2n) is 6.52. The average molecular weight is 383 g/mol. The second kappa shape index (κ2) is 10.6. The number of nitrogens with two attached hydrogens (primary N) is 1. The summed E-state index contributed by atoms with van der Waals surface area (Å²) in [6.07, 6.45) is 0.864. The van der Waals surface area contributed by atoms with Crippen molar-refractivity contribution >= 4 is 16.5 Å². The van der Waals surface area contributed by atoms with Crippen molar-refractivity contribution in [3.63, 3.8) is 0 Å². The van der Waals surface area contributed by atoms with Gasteiger partial charge in [-0.3, -0.25) is 0 Å². The number of fused-ring (bicyclic) bond motifs is 1. The van der Waals surface area contributed by atoms with E-state index in [9.17, 15) is 4.39 Å². The lowest BCUT2D eigenvalue weighted by molar-refractivity contribution is 0.0325. The van der Waals surface area contributed by atoms with E-state index in [1.165, 1.54) is 16.5 Å². The Kier molecular flexibility index (Phi) is 7.64. The quantitative estimate of drug-likeness (QED) is 0.394. The van der Waals surface area contributed by atoms with Gasteiger partial charge in [-0.2, -0.15) is 0 Å². The van der Waals surface area contributed by atoms with Gasteiger partial charge in [0.25, 0.3) is 0 Å². The lowest BCUT2D eigenvalue weighted by atomic mass is 10.0. The molecule has 0 heterocycles. The van der Waals surface area contributed by atoms with Crippen LogP contribution in [0.25, 0.3) is 10.8 Å². The van der Waals surface area contributed by atoms with Gasteiger partial charge in [0.2, 0.25) is 0 Å². The van der Waals surface area contributed by atoms with E-state index in [1.54, 1.807) is 0 Å². The number of anilines is 1. The minimum absolute atomic E-state index is 0.125. The Labute approximate surface area is 165 Å². The fourth-order valence-electron chi connectivity index (χ4n) is 2.96. The zero-order chi connectivity index (χ0) is 19.6. The molecule has 0 radical (unpaired) electrons. The van der Waals surface area contributed by atoms with Crippen molar-refractivity contribution in [3.8, 4) is 5.75 Å². The third kappa shape index (κ3) is 6.22. The smallest absolute Gasteiger partial charge is 0.119 e. The van der Waals surface area contributed by atoms with E-state index >= 15 is 0 Å². The number of rotatable bonds is 11. The molecular weight excluding hydrogens is 357 g/mol. The SMILES string of the molecule is Nc1ccc2cc(Cc3ccc(OCCOCCOCCF)cc3)ccc2c1. The van der Waals surface area contributed by atoms with Gasteiger partial charge in [0.15, 0.2) is 0 Å². The molecule has 28 heavy (non-hydrogen) atoms. The van der Waals surface area contributed by atoms with Gasteiger partial charge in [-0.15, -0.1) is 0 Å². The van der Waals surface area contributed by atoms with Crippen LogP contribution in [0.1, 0.15) is 11.1 Å². The number of nitrogen functional groups attached to an aromatic ring is 1. The molecule has 0 atom stereocenters. The Morgan fingerprint density at radius 3 is 2.11 bits per heavy atom. The molecule has 148 valence electrons. The van der Waals surface area contributed by atoms with E-state index in [0.717, 1.165) is 23.2 Å². The summed E-state index contributed by atoms with van der Waals surface area (Å²) in [6.45, 7) is 1.45. The summed E-state index contributed by atoms with van der Waals surface area (Å²) in [7, 11) is 0. The molecule has 0 bridgehead atoms. The van der Waals surface area contributed by atoms with Gasteiger partial charge < -0.3 is 19.9 Å². The van der Waals surface area contributed by atoms with Crippen LogP contribution in [0.15, 0.2) is 60.7 Å². The predicted molar refractivity (Wildman–Crippen MR) is 111 cm³/mol. The normalized spacial score (nSPS) is 11.0. The maximum atomic E-state index is 11.8. The first-order valence-corrected chi connectivity index (χ1v) is 9.46. The molecule has 0 saturated carbocycles. The Bertz CT molecular complexity index is 867. The standard InChI is InChI=1S/C23H26FNO3/c24-9-10-26-11-12-27-13-14-28-23-7-2-18(3-8-23)15-19-1-4-21-17-22(25)6-5-20(21)16-19/h1-8,16-17H,9-15,25H2. The van der Waals surface area contributed by atoms with Crippen LogP contribution in [0, 0.1) is 0 Å². The Balaban J connectivity index is 1.43. The molecule has 5 heteroatoms. The van der Waals surface area contributed by atoms with Gasteiger partial charge >= 0.3 is 0 Å². The molecule has 0 aromatic heterocycles. The van der Waals surface area contributed by atoms with Crippen LogP contribution in [0.5, 0.6) is 5.75 Å². The van der Waals surface area contributed by atoms with Crippen molar-refractivity contribution in [3.05, 3.63) is 71.8 Å². The number of halogens is 1. The predicted octanol–water partition coefficient (Wildman–Crippen LogP) is 4.39. The van der Waals surface area contributed by atoms with Gasteiger partial charge in [0.05, 0.1) is 26.4 Å². The minimum Gasteiger partial charge on any atom is -0.491 e. The van der Waals surface area contributed by atoms with Crippen LogP contribution in [-0.4, -0.2) is 39.7 Å². The number of hydrogen-bond donors (Lipinski definition) is 1. The van der Waals surface area contributed by atoms with Crippen molar-refractivity contribution < 1.29 is 18.6 Å². The lowest BCUT2D eigenvalue weighted by Gasteiger charge is -2.09. The van der Waals surface area contributed by atoms with Crippen LogP contribution >= 0.6 is 0 Å². The Morgan fingerprint density at radius 2 is 1.32 bits per heavy atom. The van der Waals surface area contributed by atoms with Crippen LogP contribution in [0.3, 0.4) is 0 Å². The molecule has 0 aliphatic rings. The number of ether oxygens (including phenoxy) is 3. The van der Waals surface area contributed by atoms with Crippen molar-refractivity contribution in [2.75, 3.05) is 45.4 Å². The van der Waals surface area contributed by atoms with E-state index in [2.05, 4.69) is 36.4 Å². The summed E-state index contributed by atoms with van der Waals surface area (Å²) in [5.74, 6) is 0.815. The monoisotopic (exact) mass is 383 g/mol. The molecule has 0 spiro atoms. The van der Waals surface area contributed by atoms with Crippen molar-refractivity contribution in [2.45, 2.75) is 6.42 Å². The highest BCUT2D eigenvalue weighted by atomic mass is 19.1. The molecule has 2 N–H and O–H groups in total. The van der Waals surface area contributed by atoms with Crippen molar-refractivity contribution in [1.82, 2.24) is 0 Å². The first kappa shape index (κ1) is 20.1. The Hall–Kier alpha value is -2.63. The summed E-state index contributed by atoms with van der Waals surface area (Å²) in [4.78, 5) is 0. The number of hydrogen-bond acceptors (Lipinski definition) is 4. The average Bonchev–Trinajstić information content (AvgIpc) is 2.71. The van der Waals surface area contributed by atoms with E-state index in [4.69, 9.17) is 19.9 Å². The summed E-state index contributed by atoms with van der Waals surface area (Å²) >= 11 is 0. The molecule has 0 saturated heterocycles. The maximum Gasteiger partial charge on any atom is 0.119 e. The molecule has 0 fully saturated rings. The fraction of sp³-hybridized carbons (Fsp3) is 0.304. The molecule has 3 rings (SSSR count). The summed E-state index contributed by atoms with van der Waals surface area (Å²) in [5, 5.41) is 2.35. The maximum absolute atomic E-state index is 11.8. The van der Waals surface area contributed by atoms with Crippen LogP contribution in [0.4, 0.5) is 10.1 Å². The second-order valence-corrected chi connectivity index (χ2v) is 6.52. The van der Waals surface area contributed by atoms with Crippen LogP contribution < -0.4 is 10.5 Å². The summed E-state index contributed by atoms with van der Waals surface area (Å²) in [5.41, 5.74) is 9.11. The van der Waals surface area contributed by atoms with Gasteiger partial charge in [-0.1, -0.05) is 36.4 Å². The highest BCUT2D eigenvalue weighted by Gasteiger charge is 2.01. The van der Waals surface area contributed by atoms with Gasteiger partial charge in [0, 0.05) is 5.69 Å². The first-order chi connectivity index (χ1) is 13.7. The minimum atomic E-state index is -0.463. The Morgan fingerprint density at radius 1 is 0.679 bits per heavy atom. The molecule has 4 nitrogen and oxygen atoms in total. The molecule has 3 aromatic carbocycles. The van der Waals surface area contributed by atoms with E-state index in [0.29, 0.717) is 26.4 Å². The topological polar surface area (TPSA) is 53.7 Å². The van der Waals surface area contributed by atoms with Crippen LogP contribution in [0.2, 0.25) is 0 Å². The largest absolute Gasteiger partial charge is 0.491 e. The highest BCUT2D eigenvalue weighted by Crippen LogP contribution is 2.21. The molecule has 3 aromatic rings. The number of alkyl halides is 1. The first-order valence-electron chi connectivity index (χ1n) is 9.46. The third-order valence-electron chi connectivity index (χ3n) is 4.35. The van der Waals surface area contributed by atoms with E-state index in [1.807, 2.05) is 24.3 Å². The molecule has 0 unspecified atom stereocenters. The molecule has 0 aliphatic carbocycles. The van der Waals surface area contributed by atoms with Gasteiger partial charge in [-0.25, -0.2) is 4.39 Å². The molecule has 0 amide bonds. The van der Waals surface area contributed by atoms with Crippen molar-refractivity contribution in [2.24, 2.45) is 0 Å². The van der Waals surface area contributed by atoms with Gasteiger partial charge in [0.1, 0.15) is 19.0 Å². The van der Waals surface area contributed by atoms with Crippen molar-refractivity contribution in [1.29, 1.82) is 0 Å². The lowest BCUT2D eigenvalue weighted by Crippen LogP contribution is -2.11. The van der Waals surface area contributed by atoms with Gasteiger partial charge in [-0.05, 0) is 52.6 Å². The van der Waals surface area contributed by atoms with Crippen LogP contribution in [-0.2, 0) is 15.9 Å². The third-order valence-corrected chi connectivity index (χ3v) is 4.35. The highest BCUT2D eigenvalue weighted by molar-refractivity contribution is 5.86. The van der Waals surface area contributed by atoms with E-state index in [-0.39, 0.29) is 6.61 Å². The number of benzene rings is 3. The molecule has 0 aliphatic heterocycles. The fourth-order valence-corrected chi connectivity index (χ4v) is 2.96. The summed E-state index contributed by atoms with van der Waals surface area (Å²) in [6, 6.07) is 20.5. The molecular formula is C23H26FNO3. The summed E-state index contributed by atoms with van der Waals surface area (Å²) < 4.78 is 27.9.